The summed E-state index contributed by atoms with van der Waals surface area (Å²) < 4.78 is 41.3. The van der Waals surface area contributed by atoms with E-state index in [9.17, 15) is 32.7 Å². The summed E-state index contributed by atoms with van der Waals surface area (Å²) in [4.78, 5) is 47.0. The van der Waals surface area contributed by atoms with Crippen molar-refractivity contribution in [1.29, 1.82) is 0 Å². The summed E-state index contributed by atoms with van der Waals surface area (Å²) >= 11 is 0. The van der Waals surface area contributed by atoms with Crippen LogP contribution in [-0.2, 0) is 27.3 Å². The van der Waals surface area contributed by atoms with Crippen LogP contribution in [0.15, 0.2) is 55.0 Å². The van der Waals surface area contributed by atoms with Crippen molar-refractivity contribution in [2.24, 2.45) is 0 Å². The zero-order valence-electron chi connectivity index (χ0n) is 21.4. The van der Waals surface area contributed by atoms with Crippen molar-refractivity contribution in [2.75, 3.05) is 19.6 Å². The molecule has 208 valence electrons. The number of likely N-dealkylation sites (tertiary alicyclic amines) is 1. The number of aromatic amines is 1. The Hall–Kier alpha value is -3.93. The molecule has 2 N–H and O–H groups in total. The number of carbonyl (C=O) groups is 3. The van der Waals surface area contributed by atoms with Crippen molar-refractivity contribution in [3.63, 3.8) is 0 Å². The lowest BCUT2D eigenvalue weighted by atomic mass is 10.0. The lowest BCUT2D eigenvalue weighted by Gasteiger charge is -2.34. The third-order valence-corrected chi connectivity index (χ3v) is 6.98. The number of carbonyl (C=O) groups excluding carboxylic acids is 2. The molecule has 2 aromatic carbocycles. The maximum atomic E-state index is 13.8. The Bertz CT molecular complexity index is 1310. The highest BCUT2D eigenvalue weighted by Crippen LogP contribution is 2.27. The minimum absolute atomic E-state index is 0.108. The number of H-pyrrole nitrogens is 1. The standard InChI is InChI=1S/C27H30F3N5O4/c1-18(26(38)39)35(27(28,29)30)25(37)16-33(14-20-8-4-7-19-6-2-3-10-23(19)20)15-22-9-5-11-34(22)24(36)12-21-13-31-17-32-21/h2-4,6-8,10,13,17-18,22H,5,9,11-12,14-16H2,1H3,(H,31,32)(H,38,39)/t18-,22?/m0/s1. The minimum Gasteiger partial charge on any atom is -0.480 e. The lowest BCUT2D eigenvalue weighted by molar-refractivity contribution is -0.251. The van der Waals surface area contributed by atoms with Gasteiger partial charge in [0, 0.05) is 37.6 Å². The van der Waals surface area contributed by atoms with Crippen LogP contribution >= 0.6 is 0 Å². The zero-order valence-corrected chi connectivity index (χ0v) is 21.4. The van der Waals surface area contributed by atoms with Crippen LogP contribution < -0.4 is 0 Å². The SMILES string of the molecule is C[C@@H](C(=O)O)N(C(=O)CN(Cc1cccc2ccccc12)CC1CCCN1C(=O)Cc1cnc[nH]1)C(F)(F)F. The largest absolute Gasteiger partial charge is 0.487 e. The third-order valence-electron chi connectivity index (χ3n) is 6.98. The number of carboxylic acid groups (broad SMARTS) is 1. The molecule has 9 nitrogen and oxygen atoms in total. The molecule has 2 heterocycles. The molecule has 2 atom stereocenters. The maximum Gasteiger partial charge on any atom is 0.487 e. The molecule has 1 fully saturated rings. The van der Waals surface area contributed by atoms with Crippen molar-refractivity contribution in [2.45, 2.75) is 51.1 Å². The quantitative estimate of drug-likeness (QED) is 0.378. The molecule has 12 heteroatoms. The van der Waals surface area contributed by atoms with Crippen LogP contribution in [0.25, 0.3) is 10.8 Å². The van der Waals surface area contributed by atoms with Crippen molar-refractivity contribution in [3.05, 3.63) is 66.2 Å². The summed E-state index contributed by atoms with van der Waals surface area (Å²) in [7, 11) is 0. The third kappa shape index (κ3) is 6.75. The van der Waals surface area contributed by atoms with E-state index in [4.69, 9.17) is 0 Å². The molecular weight excluding hydrogens is 515 g/mol. The predicted octanol–water partition coefficient (Wildman–Crippen LogP) is 3.42. The number of rotatable bonds is 10. The van der Waals surface area contributed by atoms with Crippen molar-refractivity contribution < 1.29 is 32.7 Å². The Labute approximate surface area is 223 Å². The van der Waals surface area contributed by atoms with E-state index in [0.29, 0.717) is 18.7 Å². The van der Waals surface area contributed by atoms with Gasteiger partial charge >= 0.3 is 12.3 Å². The van der Waals surface area contributed by atoms with E-state index in [1.807, 2.05) is 42.5 Å². The first-order chi connectivity index (χ1) is 18.5. The molecule has 0 saturated carbocycles. The number of fused-ring (bicyclic) bond motifs is 1. The molecule has 1 aliphatic rings. The fraction of sp³-hybridized carbons (Fsp3) is 0.407. The molecule has 0 aliphatic carbocycles. The van der Waals surface area contributed by atoms with E-state index in [1.165, 1.54) is 6.33 Å². The second-order valence-corrected chi connectivity index (χ2v) is 9.69. The van der Waals surface area contributed by atoms with E-state index in [0.717, 1.165) is 29.7 Å². The summed E-state index contributed by atoms with van der Waals surface area (Å²) in [6.45, 7) is 0.948. The molecule has 0 spiro atoms. The van der Waals surface area contributed by atoms with Gasteiger partial charge in [0.1, 0.15) is 6.04 Å². The van der Waals surface area contributed by atoms with Gasteiger partial charge in [0.05, 0.1) is 19.3 Å². The fourth-order valence-electron chi connectivity index (χ4n) is 5.11. The second-order valence-electron chi connectivity index (χ2n) is 9.69. The van der Waals surface area contributed by atoms with E-state index < -0.39 is 35.7 Å². The van der Waals surface area contributed by atoms with Gasteiger partial charge in [-0.1, -0.05) is 42.5 Å². The van der Waals surface area contributed by atoms with Crippen molar-refractivity contribution in [3.8, 4) is 0 Å². The first-order valence-corrected chi connectivity index (χ1v) is 12.6. The van der Waals surface area contributed by atoms with E-state index in [1.54, 1.807) is 16.0 Å². The van der Waals surface area contributed by atoms with E-state index in [2.05, 4.69) is 9.97 Å². The van der Waals surface area contributed by atoms with Crippen LogP contribution in [0.1, 0.15) is 31.0 Å². The van der Waals surface area contributed by atoms with Gasteiger partial charge in [-0.3, -0.25) is 14.5 Å². The maximum absolute atomic E-state index is 13.8. The molecule has 1 saturated heterocycles. The number of benzene rings is 2. The van der Waals surface area contributed by atoms with Crippen LogP contribution in [0, 0.1) is 0 Å². The van der Waals surface area contributed by atoms with Gasteiger partial charge in [-0.15, -0.1) is 13.2 Å². The first-order valence-electron chi connectivity index (χ1n) is 12.6. The Morgan fingerprint density at radius 1 is 1.18 bits per heavy atom. The minimum atomic E-state index is -5.17. The second kappa shape index (κ2) is 11.9. The number of amides is 2. The van der Waals surface area contributed by atoms with Crippen LogP contribution in [-0.4, -0.2) is 85.6 Å². The molecule has 0 bridgehead atoms. The number of aromatic nitrogens is 2. The lowest BCUT2D eigenvalue weighted by Crippen LogP contribution is -2.55. The number of imidazole rings is 1. The summed E-state index contributed by atoms with van der Waals surface area (Å²) in [5.41, 5.74) is 1.45. The van der Waals surface area contributed by atoms with Gasteiger partial charge in [0.15, 0.2) is 0 Å². The van der Waals surface area contributed by atoms with Crippen molar-refractivity contribution >= 4 is 28.6 Å². The number of aliphatic carboxylic acids is 1. The molecule has 0 radical (unpaired) electrons. The average Bonchev–Trinajstić information content (AvgIpc) is 3.55. The summed E-state index contributed by atoms with van der Waals surface area (Å²) in [6, 6.07) is 10.7. The predicted molar refractivity (Wildman–Crippen MR) is 136 cm³/mol. The zero-order chi connectivity index (χ0) is 28.2. The van der Waals surface area contributed by atoms with Gasteiger partial charge in [0.25, 0.3) is 0 Å². The first kappa shape index (κ1) is 28.1. The highest BCUT2D eigenvalue weighted by molar-refractivity contribution is 5.86. The van der Waals surface area contributed by atoms with Crippen LogP contribution in [0.5, 0.6) is 0 Å². The summed E-state index contributed by atoms with van der Waals surface area (Å²) in [5.74, 6) is -3.27. The monoisotopic (exact) mass is 545 g/mol. The number of hydrogen-bond acceptors (Lipinski definition) is 5. The number of hydrogen-bond donors (Lipinski definition) is 2. The highest BCUT2D eigenvalue weighted by Gasteiger charge is 2.46. The molecular formula is C27H30F3N5O4. The molecule has 2 amide bonds. The van der Waals surface area contributed by atoms with Crippen LogP contribution in [0.2, 0.25) is 0 Å². The van der Waals surface area contributed by atoms with Gasteiger partial charge < -0.3 is 15.0 Å². The normalized spacial score (nSPS) is 16.5. The molecule has 1 unspecified atom stereocenters. The van der Waals surface area contributed by atoms with E-state index in [-0.39, 0.29) is 31.5 Å². The molecule has 4 rings (SSSR count). The van der Waals surface area contributed by atoms with Crippen LogP contribution in [0.4, 0.5) is 13.2 Å². The fourth-order valence-corrected chi connectivity index (χ4v) is 5.11. The summed E-state index contributed by atoms with van der Waals surface area (Å²) in [5, 5.41) is 11.1. The van der Waals surface area contributed by atoms with Gasteiger partial charge in [0.2, 0.25) is 11.8 Å². The van der Waals surface area contributed by atoms with Crippen molar-refractivity contribution in [1.82, 2.24) is 24.7 Å². The number of carboxylic acids is 1. The summed E-state index contributed by atoms with van der Waals surface area (Å²) in [6.07, 6.45) is -0.671. The highest BCUT2D eigenvalue weighted by atomic mass is 19.4. The van der Waals surface area contributed by atoms with Gasteiger partial charge in [-0.25, -0.2) is 14.7 Å². The number of nitrogens with one attached hydrogen (secondary N) is 1. The molecule has 39 heavy (non-hydrogen) atoms. The Balaban J connectivity index is 1.60. The Morgan fingerprint density at radius 3 is 2.62 bits per heavy atom. The average molecular weight is 546 g/mol. The molecule has 1 aliphatic heterocycles. The number of alkyl halides is 3. The smallest absolute Gasteiger partial charge is 0.480 e. The number of nitrogens with zero attached hydrogens (tertiary/aromatic N) is 4. The molecule has 1 aromatic heterocycles. The topological polar surface area (TPSA) is 110 Å². The van der Waals surface area contributed by atoms with Crippen LogP contribution in [0.3, 0.4) is 0 Å². The Kier molecular flexibility index (Phi) is 8.54. The van der Waals surface area contributed by atoms with Gasteiger partial charge in [-0.05, 0) is 36.1 Å². The van der Waals surface area contributed by atoms with E-state index >= 15 is 0 Å². The molecule has 3 aromatic rings. The van der Waals surface area contributed by atoms with Gasteiger partial charge in [-0.2, -0.15) is 0 Å². The number of halogens is 3. The Morgan fingerprint density at radius 2 is 1.92 bits per heavy atom.